The van der Waals surface area contributed by atoms with Crippen LogP contribution in [0, 0.1) is 27.7 Å². The van der Waals surface area contributed by atoms with Crippen molar-refractivity contribution in [1.82, 2.24) is 9.97 Å². The van der Waals surface area contributed by atoms with Crippen molar-refractivity contribution in [2.24, 2.45) is 0 Å². The number of aromatic amines is 2. The highest BCUT2D eigenvalue weighted by Crippen LogP contribution is 2.36. The molecule has 0 unspecified atom stereocenters. The van der Waals surface area contributed by atoms with Crippen molar-refractivity contribution in [3.63, 3.8) is 0 Å². The van der Waals surface area contributed by atoms with Crippen LogP contribution in [0.4, 0.5) is 0 Å². The SMILES string of the molecule is Cc1[nH]c2c(C)c3c([nH]c4ccc(Br)cc43)c(C)c2c(=O)c1C. The molecule has 2 heterocycles. The molecule has 2 aromatic carbocycles. The maximum absolute atomic E-state index is 12.8. The third-order valence-corrected chi connectivity index (χ3v) is 5.45. The largest absolute Gasteiger partial charge is 0.358 e. The van der Waals surface area contributed by atoms with Crippen LogP contribution < -0.4 is 5.43 Å². The van der Waals surface area contributed by atoms with Gasteiger partial charge in [-0.3, -0.25) is 4.79 Å². The number of aryl methyl sites for hydroxylation is 3. The van der Waals surface area contributed by atoms with Crippen LogP contribution in [0.3, 0.4) is 0 Å². The summed E-state index contributed by atoms with van der Waals surface area (Å²) >= 11 is 3.56. The maximum Gasteiger partial charge on any atom is 0.192 e. The Kier molecular flexibility index (Phi) is 2.97. The Labute approximate surface area is 141 Å². The van der Waals surface area contributed by atoms with Crippen molar-refractivity contribution < 1.29 is 0 Å². The molecule has 3 nitrogen and oxygen atoms in total. The summed E-state index contributed by atoms with van der Waals surface area (Å²) < 4.78 is 1.05. The topological polar surface area (TPSA) is 48.6 Å². The second-order valence-corrected chi connectivity index (χ2v) is 7.18. The maximum atomic E-state index is 12.8. The molecule has 0 radical (unpaired) electrons. The molecule has 0 amide bonds. The summed E-state index contributed by atoms with van der Waals surface area (Å²) in [5, 5.41) is 3.16. The van der Waals surface area contributed by atoms with Crippen LogP contribution >= 0.6 is 15.9 Å². The van der Waals surface area contributed by atoms with E-state index in [1.165, 1.54) is 10.8 Å². The molecule has 4 aromatic rings. The second-order valence-electron chi connectivity index (χ2n) is 6.27. The number of pyridine rings is 1. The lowest BCUT2D eigenvalue weighted by Crippen LogP contribution is -2.12. The Hall–Kier alpha value is -2.07. The smallest absolute Gasteiger partial charge is 0.192 e. The highest BCUT2D eigenvalue weighted by Gasteiger charge is 2.17. The third-order valence-electron chi connectivity index (χ3n) is 4.95. The fraction of sp³-hybridized carbons (Fsp3) is 0.211. The van der Waals surface area contributed by atoms with Crippen LogP contribution in [-0.2, 0) is 0 Å². The highest BCUT2D eigenvalue weighted by atomic mass is 79.9. The van der Waals surface area contributed by atoms with Gasteiger partial charge in [-0.2, -0.15) is 0 Å². The number of hydrogen-bond acceptors (Lipinski definition) is 1. The number of rotatable bonds is 0. The molecule has 0 aliphatic carbocycles. The summed E-state index contributed by atoms with van der Waals surface area (Å²) in [5.41, 5.74) is 7.07. The van der Waals surface area contributed by atoms with Crippen molar-refractivity contribution in [2.75, 3.05) is 0 Å². The first-order valence-corrected chi connectivity index (χ1v) is 8.42. The molecule has 0 spiro atoms. The monoisotopic (exact) mass is 368 g/mol. The van der Waals surface area contributed by atoms with E-state index in [1.807, 2.05) is 26.8 Å². The lowest BCUT2D eigenvalue weighted by molar-refractivity contribution is 1.17. The lowest BCUT2D eigenvalue weighted by atomic mass is 9.97. The Morgan fingerprint density at radius 1 is 0.870 bits per heavy atom. The molecular weight excluding hydrogens is 352 g/mol. The number of aromatic nitrogens is 2. The van der Waals surface area contributed by atoms with E-state index < -0.39 is 0 Å². The zero-order valence-electron chi connectivity index (χ0n) is 13.5. The molecule has 0 aliphatic rings. The number of nitrogens with one attached hydrogen (secondary N) is 2. The predicted octanol–water partition coefficient (Wildman–Crippen LogP) is 5.16. The minimum Gasteiger partial charge on any atom is -0.358 e. The van der Waals surface area contributed by atoms with Crippen LogP contribution in [0.25, 0.3) is 32.7 Å². The van der Waals surface area contributed by atoms with E-state index in [1.54, 1.807) is 0 Å². The Bertz CT molecular complexity index is 1180. The van der Waals surface area contributed by atoms with Crippen LogP contribution in [-0.4, -0.2) is 9.97 Å². The van der Waals surface area contributed by atoms with Gasteiger partial charge in [0.2, 0.25) is 0 Å². The van der Waals surface area contributed by atoms with Gasteiger partial charge in [0.25, 0.3) is 0 Å². The van der Waals surface area contributed by atoms with E-state index >= 15 is 0 Å². The van der Waals surface area contributed by atoms with E-state index in [-0.39, 0.29) is 5.43 Å². The number of H-pyrrole nitrogens is 2. The molecule has 0 saturated heterocycles. The van der Waals surface area contributed by atoms with Gasteiger partial charge in [0.15, 0.2) is 5.43 Å². The summed E-state index contributed by atoms with van der Waals surface area (Å²) in [7, 11) is 0. The molecule has 0 saturated carbocycles. The average molecular weight is 369 g/mol. The van der Waals surface area contributed by atoms with Gasteiger partial charge in [0.05, 0.1) is 16.4 Å². The van der Waals surface area contributed by atoms with E-state index in [0.717, 1.165) is 48.8 Å². The fourth-order valence-corrected chi connectivity index (χ4v) is 3.90. The minimum atomic E-state index is 0.124. The first-order valence-electron chi connectivity index (χ1n) is 7.63. The quantitative estimate of drug-likeness (QED) is 0.442. The molecule has 4 heteroatoms. The third kappa shape index (κ3) is 1.84. The van der Waals surface area contributed by atoms with Crippen molar-refractivity contribution in [3.8, 4) is 0 Å². The van der Waals surface area contributed by atoms with Gasteiger partial charge in [-0.25, -0.2) is 0 Å². The summed E-state index contributed by atoms with van der Waals surface area (Å²) in [4.78, 5) is 19.7. The Morgan fingerprint density at radius 2 is 1.52 bits per heavy atom. The Morgan fingerprint density at radius 3 is 2.26 bits per heavy atom. The van der Waals surface area contributed by atoms with Gasteiger partial charge >= 0.3 is 0 Å². The van der Waals surface area contributed by atoms with Gasteiger partial charge in [-0.1, -0.05) is 15.9 Å². The molecule has 0 fully saturated rings. The van der Waals surface area contributed by atoms with Crippen molar-refractivity contribution in [2.45, 2.75) is 27.7 Å². The van der Waals surface area contributed by atoms with E-state index in [0.29, 0.717) is 0 Å². The van der Waals surface area contributed by atoms with Crippen LogP contribution in [0.1, 0.15) is 22.4 Å². The molecule has 23 heavy (non-hydrogen) atoms. The van der Waals surface area contributed by atoms with Gasteiger partial charge < -0.3 is 9.97 Å². The summed E-state index contributed by atoms with van der Waals surface area (Å²) in [6, 6.07) is 6.23. The molecule has 0 bridgehead atoms. The van der Waals surface area contributed by atoms with E-state index in [2.05, 4.69) is 45.0 Å². The van der Waals surface area contributed by atoms with Crippen LogP contribution in [0.5, 0.6) is 0 Å². The molecule has 0 atom stereocenters. The molecule has 2 N–H and O–H groups in total. The van der Waals surface area contributed by atoms with Crippen LogP contribution in [0.15, 0.2) is 27.5 Å². The normalized spacial score (nSPS) is 11.9. The molecule has 2 aromatic heterocycles. The summed E-state index contributed by atoms with van der Waals surface area (Å²) in [6.45, 7) is 7.96. The van der Waals surface area contributed by atoms with Gasteiger partial charge in [-0.05, 0) is 57.0 Å². The summed E-state index contributed by atoms with van der Waals surface area (Å²) in [5.74, 6) is 0. The molecular formula is C19H17BrN2O. The highest BCUT2D eigenvalue weighted by molar-refractivity contribution is 9.10. The minimum absolute atomic E-state index is 0.124. The first kappa shape index (κ1) is 14.5. The number of fused-ring (bicyclic) bond motifs is 4. The first-order chi connectivity index (χ1) is 10.9. The zero-order valence-corrected chi connectivity index (χ0v) is 15.1. The summed E-state index contributed by atoms with van der Waals surface area (Å²) in [6.07, 6.45) is 0. The zero-order chi connectivity index (χ0) is 16.5. The fourth-order valence-electron chi connectivity index (χ4n) is 3.54. The molecule has 4 rings (SSSR count). The molecule has 0 aliphatic heterocycles. The van der Waals surface area contributed by atoms with E-state index in [9.17, 15) is 4.79 Å². The average Bonchev–Trinajstić information content (AvgIpc) is 2.89. The number of halogens is 1. The number of hydrogen-bond donors (Lipinski definition) is 2. The van der Waals surface area contributed by atoms with Crippen molar-refractivity contribution >= 4 is 48.6 Å². The van der Waals surface area contributed by atoms with Gasteiger partial charge in [0, 0.05) is 32.0 Å². The van der Waals surface area contributed by atoms with Crippen molar-refractivity contribution in [1.29, 1.82) is 0 Å². The van der Waals surface area contributed by atoms with Crippen molar-refractivity contribution in [3.05, 3.63) is 55.3 Å². The standard InChI is InChI=1S/C19H17BrN2O/c1-8-11(4)21-18-9(2)15-13-7-12(20)5-6-14(13)22-17(15)10(3)16(18)19(8)23/h5-7,22H,1-4H3,(H,21,23). The predicted molar refractivity (Wildman–Crippen MR) is 101 cm³/mol. The number of benzene rings is 2. The van der Waals surface area contributed by atoms with Crippen LogP contribution in [0.2, 0.25) is 0 Å². The molecule has 116 valence electrons. The second kappa shape index (κ2) is 4.71. The van der Waals surface area contributed by atoms with E-state index in [4.69, 9.17) is 0 Å². The van der Waals surface area contributed by atoms with Gasteiger partial charge in [-0.15, -0.1) is 0 Å². The van der Waals surface area contributed by atoms with Gasteiger partial charge in [0.1, 0.15) is 0 Å². The Balaban J connectivity index is 2.38. The lowest BCUT2D eigenvalue weighted by Gasteiger charge is -2.11.